The molecule has 2 bridgehead atoms. The van der Waals surface area contributed by atoms with Crippen LogP contribution in [0, 0.1) is 22.0 Å². The van der Waals surface area contributed by atoms with Gasteiger partial charge in [-0.25, -0.2) is 12.7 Å². The molecule has 2 saturated heterocycles. The molecule has 244 valence electrons. The van der Waals surface area contributed by atoms with Gasteiger partial charge < -0.3 is 14.7 Å². The third kappa shape index (κ3) is 5.13. The number of fused-ring (bicyclic) bond motifs is 1. The van der Waals surface area contributed by atoms with Crippen molar-refractivity contribution in [2.75, 3.05) is 12.4 Å². The number of hydrogen-bond acceptors (Lipinski definition) is 6. The second-order valence-electron chi connectivity index (χ2n) is 15.3. The molecule has 0 aromatic heterocycles. The molecule has 2 heterocycles. The number of sulfonamides is 1. The van der Waals surface area contributed by atoms with Gasteiger partial charge in [-0.1, -0.05) is 101 Å². The number of amides is 1. The lowest BCUT2D eigenvalue weighted by Gasteiger charge is -2.45. The Balaban J connectivity index is 1.15. The van der Waals surface area contributed by atoms with Crippen molar-refractivity contribution in [2.24, 2.45) is 16.7 Å². The van der Waals surface area contributed by atoms with Crippen LogP contribution < -0.4 is 10.4 Å². The van der Waals surface area contributed by atoms with Crippen molar-refractivity contribution in [1.82, 2.24) is 9.37 Å². The standard InChI is InChI=1S/C36H49N2O5SSi/c1-34(2,3)45(29-17-8-6-9-18-29,30-19-10-7-11-20-30)43-24-13-12-15-28-16-14-21-31(37(28)40)33(39)38-32-25-27-22-23-36(32,35(27,4)5)26-44(38,41)42/h6-11,15,17-20,27,31-32H,12-14,16,21-26H2,1-5H3/q-1/b28-15+/t27-,31-,32-,36-/m0/s1. The lowest BCUT2D eigenvalue weighted by molar-refractivity contribution is -0.134. The number of carbonyl (C=O) groups excluding carboxylic acids is 1. The lowest BCUT2D eigenvalue weighted by atomic mass is 9.69. The van der Waals surface area contributed by atoms with Gasteiger partial charge in [-0.2, -0.15) is 0 Å². The summed E-state index contributed by atoms with van der Waals surface area (Å²) < 4.78 is 35.1. The summed E-state index contributed by atoms with van der Waals surface area (Å²) in [5, 5.41) is 16.8. The number of unbranched alkanes of at least 4 members (excludes halogenated alkanes) is 1. The second kappa shape index (κ2) is 11.7. The normalized spacial score (nSPS) is 29.7. The molecule has 4 fully saturated rings. The molecular formula is C36H49N2O5SSi-. The summed E-state index contributed by atoms with van der Waals surface area (Å²) >= 11 is 0. The van der Waals surface area contributed by atoms with Gasteiger partial charge in [0.25, 0.3) is 14.2 Å². The Hall–Kier alpha value is -2.46. The van der Waals surface area contributed by atoms with Crippen LogP contribution in [-0.2, 0) is 19.2 Å². The third-order valence-electron chi connectivity index (χ3n) is 11.9. The summed E-state index contributed by atoms with van der Waals surface area (Å²) in [4.78, 5) is 13.9. The number of benzene rings is 2. The van der Waals surface area contributed by atoms with Crippen LogP contribution in [0.25, 0.3) is 0 Å². The van der Waals surface area contributed by atoms with Crippen molar-refractivity contribution >= 4 is 34.6 Å². The number of hydrogen-bond donors (Lipinski definition) is 0. The number of hydroxylamine groups is 2. The monoisotopic (exact) mass is 649 g/mol. The maximum Gasteiger partial charge on any atom is 0.261 e. The molecule has 2 aliphatic heterocycles. The van der Waals surface area contributed by atoms with Crippen molar-refractivity contribution in [3.63, 3.8) is 0 Å². The highest BCUT2D eigenvalue weighted by Crippen LogP contribution is 2.70. The van der Waals surface area contributed by atoms with Gasteiger partial charge in [-0.15, -0.1) is 0 Å². The molecule has 6 rings (SSSR count). The molecular weight excluding hydrogens is 601 g/mol. The van der Waals surface area contributed by atoms with Crippen molar-refractivity contribution in [3.05, 3.63) is 77.6 Å². The minimum absolute atomic E-state index is 0.0273. The average molecular weight is 650 g/mol. The van der Waals surface area contributed by atoms with E-state index in [0.717, 1.165) is 30.7 Å². The van der Waals surface area contributed by atoms with Crippen molar-refractivity contribution in [1.29, 1.82) is 0 Å². The fraction of sp³-hybridized carbons (Fsp3) is 0.583. The van der Waals surface area contributed by atoms with Gasteiger partial charge >= 0.3 is 0 Å². The molecule has 4 aliphatic rings. The molecule has 0 unspecified atom stereocenters. The summed E-state index contributed by atoms with van der Waals surface area (Å²) in [6.07, 6.45) is 7.58. The van der Waals surface area contributed by atoms with Crippen LogP contribution in [0.15, 0.2) is 72.4 Å². The van der Waals surface area contributed by atoms with Crippen LogP contribution in [0.1, 0.15) is 86.0 Å². The Morgan fingerprint density at radius 3 is 2.24 bits per heavy atom. The smallest absolute Gasteiger partial charge is 0.261 e. The molecule has 45 heavy (non-hydrogen) atoms. The molecule has 0 N–H and O–H groups in total. The van der Waals surface area contributed by atoms with Gasteiger partial charge in [0.15, 0.2) is 0 Å². The summed E-state index contributed by atoms with van der Waals surface area (Å²) in [7, 11) is -6.40. The van der Waals surface area contributed by atoms with E-state index in [-0.39, 0.29) is 22.2 Å². The van der Waals surface area contributed by atoms with Crippen LogP contribution >= 0.6 is 0 Å². The first-order chi connectivity index (χ1) is 21.3. The Bertz CT molecular complexity index is 1500. The Morgan fingerprint density at radius 1 is 1.04 bits per heavy atom. The van der Waals surface area contributed by atoms with E-state index in [9.17, 15) is 18.4 Å². The highest BCUT2D eigenvalue weighted by molar-refractivity contribution is 7.90. The summed E-state index contributed by atoms with van der Waals surface area (Å²) in [6, 6.07) is 19.8. The molecule has 2 aliphatic carbocycles. The van der Waals surface area contributed by atoms with E-state index in [1.54, 1.807) is 0 Å². The number of carbonyl (C=O) groups is 1. The first-order valence-electron chi connectivity index (χ1n) is 16.7. The number of nitrogens with zero attached hydrogens (tertiary/aromatic N) is 2. The SMILES string of the molecule is CC1(C)[C@H]2CC[C@@]13CS(=O)(=O)N(C(=O)[C@@H]1CCC/C(=C\CCCO[Si](c4ccccc4)(c4ccccc4)C(C)(C)C)N1[O-])[C@H]3C2. The van der Waals surface area contributed by atoms with E-state index in [0.29, 0.717) is 43.9 Å². The quantitative estimate of drug-likeness (QED) is 0.260. The van der Waals surface area contributed by atoms with Gasteiger partial charge in [0, 0.05) is 12.0 Å². The summed E-state index contributed by atoms with van der Waals surface area (Å²) in [5.74, 6) is -0.0696. The van der Waals surface area contributed by atoms with E-state index >= 15 is 0 Å². The molecule has 0 radical (unpaired) electrons. The molecule has 7 nitrogen and oxygen atoms in total. The first kappa shape index (κ1) is 32.5. The molecule has 2 aromatic carbocycles. The van der Waals surface area contributed by atoms with Crippen molar-refractivity contribution in [2.45, 2.75) is 103 Å². The van der Waals surface area contributed by atoms with E-state index in [4.69, 9.17) is 4.43 Å². The van der Waals surface area contributed by atoms with E-state index < -0.39 is 35.7 Å². The van der Waals surface area contributed by atoms with Crippen LogP contribution in [0.4, 0.5) is 0 Å². The molecule has 4 atom stereocenters. The fourth-order valence-electron chi connectivity index (χ4n) is 9.38. The van der Waals surface area contributed by atoms with Crippen LogP contribution in [0.5, 0.6) is 0 Å². The van der Waals surface area contributed by atoms with E-state index in [2.05, 4.69) is 83.1 Å². The number of rotatable bonds is 8. The molecule has 2 aromatic rings. The first-order valence-corrected chi connectivity index (χ1v) is 20.2. The molecule has 2 saturated carbocycles. The minimum atomic E-state index is -3.76. The molecule has 1 amide bonds. The zero-order chi connectivity index (χ0) is 32.3. The van der Waals surface area contributed by atoms with Crippen molar-refractivity contribution < 1.29 is 17.6 Å². The molecule has 9 heteroatoms. The fourth-order valence-corrected chi connectivity index (χ4v) is 16.6. The number of allylic oxidation sites excluding steroid dienone is 2. The zero-order valence-electron chi connectivity index (χ0n) is 27.5. The Labute approximate surface area is 270 Å². The maximum atomic E-state index is 13.9. The van der Waals surface area contributed by atoms with E-state index in [1.807, 2.05) is 18.2 Å². The average Bonchev–Trinajstić information content (AvgIpc) is 3.48. The summed E-state index contributed by atoms with van der Waals surface area (Å²) in [5.41, 5.74) is 0.0771. The largest absolute Gasteiger partial charge is 0.758 e. The van der Waals surface area contributed by atoms with Gasteiger partial charge in [0.05, 0.1) is 17.8 Å². The second-order valence-corrected chi connectivity index (χ2v) is 21.5. The highest BCUT2D eigenvalue weighted by Gasteiger charge is 2.72. The van der Waals surface area contributed by atoms with Crippen LogP contribution in [0.2, 0.25) is 5.04 Å². The summed E-state index contributed by atoms with van der Waals surface area (Å²) in [6.45, 7) is 11.7. The van der Waals surface area contributed by atoms with Gasteiger partial charge in [0.1, 0.15) is 0 Å². The Kier molecular flexibility index (Phi) is 8.41. The van der Waals surface area contributed by atoms with E-state index in [1.165, 1.54) is 14.7 Å². The zero-order valence-corrected chi connectivity index (χ0v) is 29.3. The van der Waals surface area contributed by atoms with Gasteiger partial charge in [-0.05, 0) is 83.8 Å². The Morgan fingerprint density at radius 2 is 1.67 bits per heavy atom. The lowest BCUT2D eigenvalue weighted by Crippen LogP contribution is -2.66. The van der Waals surface area contributed by atoms with Gasteiger partial charge in [-0.3, -0.25) is 4.79 Å². The molecule has 1 spiro atoms. The van der Waals surface area contributed by atoms with Gasteiger partial charge in [0.2, 0.25) is 10.0 Å². The highest BCUT2D eigenvalue weighted by atomic mass is 32.2. The number of piperidine rings is 1. The maximum absolute atomic E-state index is 13.9. The third-order valence-corrected chi connectivity index (χ3v) is 18.8. The van der Waals surface area contributed by atoms with Crippen molar-refractivity contribution in [3.8, 4) is 0 Å². The topological polar surface area (TPSA) is 90.0 Å². The predicted molar refractivity (Wildman–Crippen MR) is 182 cm³/mol. The van der Waals surface area contributed by atoms with Crippen LogP contribution in [-0.4, -0.2) is 56.5 Å². The van der Waals surface area contributed by atoms with Crippen LogP contribution in [0.3, 0.4) is 0 Å². The minimum Gasteiger partial charge on any atom is -0.758 e. The predicted octanol–water partition coefficient (Wildman–Crippen LogP) is 5.95.